The van der Waals surface area contributed by atoms with E-state index in [9.17, 15) is 13.2 Å². The number of rotatable bonds is 1. The van der Waals surface area contributed by atoms with E-state index in [1.165, 1.54) is 24.4 Å². The van der Waals surface area contributed by atoms with Crippen molar-refractivity contribution in [1.29, 1.82) is 5.26 Å². The molecule has 0 heterocycles. The topological polar surface area (TPSA) is 47.9 Å². The molecule has 0 amide bonds. The summed E-state index contributed by atoms with van der Waals surface area (Å²) < 4.78 is 37.5. The van der Waals surface area contributed by atoms with Crippen LogP contribution in [0.1, 0.15) is 6.99 Å². The number of thiocarbonyl (C=S) groups is 1. The molecule has 0 atom stereocenters. The van der Waals surface area contributed by atoms with E-state index in [-0.39, 0.29) is 41.8 Å². The van der Waals surface area contributed by atoms with Gasteiger partial charge in [-0.05, 0) is 24.4 Å². The van der Waals surface area contributed by atoms with Gasteiger partial charge in [0.15, 0.2) is 11.3 Å². The van der Waals surface area contributed by atoms with Crippen molar-refractivity contribution in [2.75, 3.05) is 5.32 Å². The molecule has 0 aliphatic carbocycles. The van der Waals surface area contributed by atoms with Crippen LogP contribution in [0.2, 0.25) is 0 Å². The van der Waals surface area contributed by atoms with Crippen molar-refractivity contribution in [2.24, 2.45) is 0 Å². The SMILES string of the molecule is N#CNC(=S)Nc1ccccc1C(F)(F)F.[H-].[Na+]. The number of hydrogen-bond acceptors (Lipinski definition) is 2. The Kier molecular flexibility index (Phi) is 6.49. The van der Waals surface area contributed by atoms with E-state index in [0.717, 1.165) is 6.07 Å². The minimum absolute atomic E-state index is 0. The quantitative estimate of drug-likeness (QED) is 0.315. The fourth-order valence-corrected chi connectivity index (χ4v) is 1.20. The summed E-state index contributed by atoms with van der Waals surface area (Å²) in [6.07, 6.45) is -2.96. The Balaban J connectivity index is 0. The summed E-state index contributed by atoms with van der Waals surface area (Å²) in [5.74, 6) is 0. The van der Waals surface area contributed by atoms with E-state index in [2.05, 4.69) is 17.5 Å². The van der Waals surface area contributed by atoms with Crippen LogP contribution >= 0.6 is 12.2 Å². The number of para-hydroxylation sites is 1. The summed E-state index contributed by atoms with van der Waals surface area (Å²) in [5, 5.41) is 12.4. The second-order valence-electron chi connectivity index (χ2n) is 2.73. The minimum Gasteiger partial charge on any atom is -1.00 e. The predicted molar refractivity (Wildman–Crippen MR) is 57.5 cm³/mol. The molecule has 1 aromatic carbocycles. The van der Waals surface area contributed by atoms with Gasteiger partial charge in [-0.1, -0.05) is 12.1 Å². The van der Waals surface area contributed by atoms with Crippen molar-refractivity contribution < 1.29 is 44.2 Å². The van der Waals surface area contributed by atoms with Gasteiger partial charge in [-0.15, -0.1) is 0 Å². The molecule has 0 bridgehead atoms. The number of nitriles is 1. The third kappa shape index (κ3) is 4.91. The largest absolute Gasteiger partial charge is 1.00 e. The first-order chi connectivity index (χ1) is 7.45. The molecule has 0 aliphatic rings. The summed E-state index contributed by atoms with van der Waals surface area (Å²) >= 11 is 4.61. The molecule has 17 heavy (non-hydrogen) atoms. The maximum atomic E-state index is 12.5. The Labute approximate surface area is 125 Å². The molecule has 0 aromatic heterocycles. The first kappa shape index (κ1) is 16.2. The Morgan fingerprint density at radius 3 is 2.47 bits per heavy atom. The Bertz CT molecular complexity index is 447. The summed E-state index contributed by atoms with van der Waals surface area (Å²) in [4.78, 5) is 0. The minimum atomic E-state index is -4.47. The monoisotopic (exact) mass is 269 g/mol. The number of alkyl halides is 3. The molecule has 0 spiro atoms. The van der Waals surface area contributed by atoms with Crippen molar-refractivity contribution >= 4 is 23.0 Å². The average Bonchev–Trinajstić information content (AvgIpc) is 2.17. The molecule has 86 valence electrons. The van der Waals surface area contributed by atoms with E-state index in [1.807, 2.05) is 5.32 Å². The van der Waals surface area contributed by atoms with E-state index in [4.69, 9.17) is 5.26 Å². The predicted octanol–water partition coefficient (Wildman–Crippen LogP) is -0.411. The molecule has 1 rings (SSSR count). The third-order valence-electron chi connectivity index (χ3n) is 1.65. The average molecular weight is 269 g/mol. The van der Waals surface area contributed by atoms with Crippen LogP contribution in [0, 0.1) is 11.5 Å². The second-order valence-corrected chi connectivity index (χ2v) is 3.14. The van der Waals surface area contributed by atoms with Crippen LogP contribution in [0.3, 0.4) is 0 Å². The zero-order chi connectivity index (χ0) is 12.2. The van der Waals surface area contributed by atoms with E-state index < -0.39 is 11.7 Å². The van der Waals surface area contributed by atoms with Crippen LogP contribution in [0.5, 0.6) is 0 Å². The Hall–Kier alpha value is -0.810. The Morgan fingerprint density at radius 2 is 1.94 bits per heavy atom. The standard InChI is InChI=1S/C9H6F3N3S.Na.H/c10-9(11,12)6-3-1-2-4-7(6)15-8(16)14-5-13;;/h1-4H,(H2,14,15,16);;/q;+1;-1. The molecule has 0 saturated heterocycles. The first-order valence-corrected chi connectivity index (χ1v) is 4.48. The second kappa shape index (κ2) is 6.81. The molecular weight excluding hydrogens is 262 g/mol. The van der Waals surface area contributed by atoms with Crippen molar-refractivity contribution in [3.8, 4) is 6.19 Å². The Morgan fingerprint density at radius 1 is 1.35 bits per heavy atom. The van der Waals surface area contributed by atoms with Gasteiger partial charge in [0.1, 0.15) is 0 Å². The normalized spacial score (nSPS) is 9.76. The molecule has 0 fully saturated rings. The number of benzene rings is 1. The van der Waals surface area contributed by atoms with Crippen molar-refractivity contribution in [3.05, 3.63) is 29.8 Å². The maximum absolute atomic E-state index is 12.5. The van der Waals surface area contributed by atoms with Gasteiger partial charge >= 0.3 is 35.7 Å². The van der Waals surface area contributed by atoms with Gasteiger partial charge in [-0.3, -0.25) is 5.32 Å². The van der Waals surface area contributed by atoms with Gasteiger partial charge in [-0.2, -0.15) is 18.4 Å². The van der Waals surface area contributed by atoms with Crippen molar-refractivity contribution in [1.82, 2.24) is 5.32 Å². The fourth-order valence-electron chi connectivity index (χ4n) is 1.04. The number of anilines is 1. The van der Waals surface area contributed by atoms with Gasteiger partial charge in [0.2, 0.25) is 0 Å². The number of nitrogens with zero attached hydrogens (tertiary/aromatic N) is 1. The summed E-state index contributed by atoms with van der Waals surface area (Å²) in [5.41, 5.74) is -1.03. The van der Waals surface area contributed by atoms with Crippen LogP contribution in [-0.2, 0) is 6.18 Å². The van der Waals surface area contributed by atoms with Crippen LogP contribution in [0.4, 0.5) is 18.9 Å². The van der Waals surface area contributed by atoms with Gasteiger partial charge in [-0.25, -0.2) is 0 Å². The van der Waals surface area contributed by atoms with Gasteiger partial charge in [0.25, 0.3) is 0 Å². The fraction of sp³-hybridized carbons (Fsp3) is 0.111. The zero-order valence-electron chi connectivity index (χ0n) is 9.80. The van der Waals surface area contributed by atoms with Gasteiger partial charge in [0.05, 0.1) is 11.3 Å². The summed E-state index contributed by atoms with van der Waals surface area (Å²) in [6, 6.07) is 4.87. The van der Waals surface area contributed by atoms with Crippen LogP contribution in [-0.4, -0.2) is 5.11 Å². The van der Waals surface area contributed by atoms with Crippen LogP contribution < -0.4 is 40.2 Å². The van der Waals surface area contributed by atoms with Crippen LogP contribution in [0.15, 0.2) is 24.3 Å². The van der Waals surface area contributed by atoms with Gasteiger partial charge < -0.3 is 6.74 Å². The molecule has 2 N–H and O–H groups in total. The first-order valence-electron chi connectivity index (χ1n) is 4.07. The number of hydrogen-bond donors (Lipinski definition) is 2. The van der Waals surface area contributed by atoms with Crippen molar-refractivity contribution in [3.63, 3.8) is 0 Å². The molecular formula is C9H7F3N3NaS. The number of halogens is 3. The van der Waals surface area contributed by atoms with Gasteiger partial charge in [0, 0.05) is 0 Å². The smallest absolute Gasteiger partial charge is 1.00 e. The molecule has 0 aliphatic heterocycles. The number of nitrogens with one attached hydrogen (secondary N) is 2. The van der Waals surface area contributed by atoms with Crippen LogP contribution in [0.25, 0.3) is 0 Å². The molecule has 0 radical (unpaired) electrons. The van der Waals surface area contributed by atoms with E-state index >= 15 is 0 Å². The van der Waals surface area contributed by atoms with E-state index in [1.54, 1.807) is 0 Å². The zero-order valence-corrected chi connectivity index (χ0v) is 11.6. The molecule has 3 nitrogen and oxygen atoms in total. The van der Waals surface area contributed by atoms with E-state index in [0.29, 0.717) is 0 Å². The maximum Gasteiger partial charge on any atom is 1.00 e. The molecule has 0 saturated carbocycles. The molecule has 8 heteroatoms. The summed E-state index contributed by atoms with van der Waals surface area (Å²) in [6.45, 7) is 0. The molecule has 1 aromatic rings. The van der Waals surface area contributed by atoms with Crippen molar-refractivity contribution in [2.45, 2.75) is 6.18 Å². The molecule has 0 unspecified atom stereocenters. The summed E-state index contributed by atoms with van der Waals surface area (Å²) in [7, 11) is 0. The third-order valence-corrected chi connectivity index (χ3v) is 1.85.